The lowest BCUT2D eigenvalue weighted by atomic mass is 10.7. The summed E-state index contributed by atoms with van der Waals surface area (Å²) >= 11 is 0. The lowest BCUT2D eigenvalue weighted by Crippen LogP contribution is -2.00. The molecule has 4 N–H and O–H groups in total. The number of nitrogens with one attached hydrogen (secondary N) is 1. The van der Waals surface area contributed by atoms with Crippen LogP contribution in [0.15, 0.2) is 9.73 Å². The SMILES string of the molecule is Nc1nonc1NN=CC(=O)O. The number of hydrogen-bond donors (Lipinski definition) is 3. The molecule has 0 aliphatic heterocycles. The smallest absolute Gasteiger partial charge is 0.348 e. The van der Waals surface area contributed by atoms with E-state index in [0.29, 0.717) is 6.21 Å². The van der Waals surface area contributed by atoms with Crippen molar-refractivity contribution in [2.45, 2.75) is 0 Å². The van der Waals surface area contributed by atoms with Crippen molar-refractivity contribution in [2.24, 2.45) is 5.10 Å². The van der Waals surface area contributed by atoms with Gasteiger partial charge in [-0.05, 0) is 10.3 Å². The lowest BCUT2D eigenvalue weighted by Gasteiger charge is -1.89. The molecule has 0 radical (unpaired) electrons. The van der Waals surface area contributed by atoms with E-state index >= 15 is 0 Å². The van der Waals surface area contributed by atoms with Crippen LogP contribution in [0.3, 0.4) is 0 Å². The first kappa shape index (κ1) is 7.98. The third kappa shape index (κ3) is 1.94. The number of aliphatic carboxylic acids is 1. The summed E-state index contributed by atoms with van der Waals surface area (Å²) in [6.07, 6.45) is 0.647. The van der Waals surface area contributed by atoms with E-state index in [4.69, 9.17) is 10.8 Å². The summed E-state index contributed by atoms with van der Waals surface area (Å²) in [4.78, 5) is 9.93. The topological polar surface area (TPSA) is 127 Å². The number of carbonyl (C=O) groups is 1. The van der Waals surface area contributed by atoms with E-state index in [1.54, 1.807) is 0 Å². The second-order valence-electron chi connectivity index (χ2n) is 1.71. The van der Waals surface area contributed by atoms with Crippen molar-refractivity contribution in [1.29, 1.82) is 0 Å². The Morgan fingerprint density at radius 1 is 1.75 bits per heavy atom. The van der Waals surface area contributed by atoms with E-state index in [2.05, 4.69) is 25.5 Å². The zero-order chi connectivity index (χ0) is 8.97. The first-order valence-electron chi connectivity index (χ1n) is 2.80. The minimum Gasteiger partial charge on any atom is -0.477 e. The predicted octanol–water partition coefficient (Wildman–Crippen LogP) is -0.866. The summed E-state index contributed by atoms with van der Waals surface area (Å²) in [5.41, 5.74) is 7.43. The molecule has 0 saturated carbocycles. The zero-order valence-electron chi connectivity index (χ0n) is 5.76. The molecule has 12 heavy (non-hydrogen) atoms. The molecular weight excluding hydrogens is 166 g/mol. The molecule has 0 aromatic carbocycles. The Morgan fingerprint density at radius 3 is 3.00 bits per heavy atom. The van der Waals surface area contributed by atoms with Crippen LogP contribution in [0, 0.1) is 0 Å². The molecule has 0 bridgehead atoms. The Bertz CT molecular complexity index is 305. The molecule has 1 heterocycles. The average Bonchev–Trinajstić information content (AvgIpc) is 2.36. The van der Waals surface area contributed by atoms with Crippen LogP contribution >= 0.6 is 0 Å². The lowest BCUT2D eigenvalue weighted by molar-refractivity contribution is -0.128. The second kappa shape index (κ2) is 3.32. The van der Waals surface area contributed by atoms with Crippen molar-refractivity contribution in [3.05, 3.63) is 0 Å². The molecular formula is C4H5N5O3. The van der Waals surface area contributed by atoms with Crippen LogP contribution in [0.5, 0.6) is 0 Å². The Kier molecular flexibility index (Phi) is 2.21. The molecule has 0 unspecified atom stereocenters. The van der Waals surface area contributed by atoms with Crippen molar-refractivity contribution in [1.82, 2.24) is 10.3 Å². The molecule has 8 nitrogen and oxygen atoms in total. The predicted molar refractivity (Wildman–Crippen MR) is 38.5 cm³/mol. The second-order valence-corrected chi connectivity index (χ2v) is 1.71. The molecule has 1 aromatic heterocycles. The maximum Gasteiger partial charge on any atom is 0.348 e. The molecule has 1 rings (SSSR count). The molecule has 1 aromatic rings. The highest BCUT2D eigenvalue weighted by atomic mass is 16.6. The van der Waals surface area contributed by atoms with E-state index in [1.807, 2.05) is 0 Å². The van der Waals surface area contributed by atoms with E-state index < -0.39 is 5.97 Å². The van der Waals surface area contributed by atoms with Gasteiger partial charge in [-0.3, -0.25) is 5.43 Å². The van der Waals surface area contributed by atoms with Gasteiger partial charge in [0, 0.05) is 0 Å². The Morgan fingerprint density at radius 2 is 2.50 bits per heavy atom. The highest BCUT2D eigenvalue weighted by Gasteiger charge is 2.02. The van der Waals surface area contributed by atoms with E-state index in [0.717, 1.165) is 0 Å². The van der Waals surface area contributed by atoms with Crippen molar-refractivity contribution in [2.75, 3.05) is 11.2 Å². The first-order valence-corrected chi connectivity index (χ1v) is 2.80. The van der Waals surface area contributed by atoms with Crippen LogP contribution in [0.1, 0.15) is 0 Å². The molecule has 0 amide bonds. The summed E-state index contributed by atoms with van der Waals surface area (Å²) in [6.45, 7) is 0. The summed E-state index contributed by atoms with van der Waals surface area (Å²) in [5, 5.41) is 17.9. The van der Waals surface area contributed by atoms with Crippen LogP contribution in [-0.2, 0) is 4.79 Å². The molecule has 64 valence electrons. The standard InChI is InChI=1S/C4H5N5O3/c5-3-4(9-12-8-3)7-6-1-2(10)11/h1H,(H2,5,8)(H,7,9)(H,10,11). The van der Waals surface area contributed by atoms with Crippen molar-refractivity contribution in [3.8, 4) is 0 Å². The Balaban J connectivity index is 2.54. The molecule has 0 spiro atoms. The fourth-order valence-corrected chi connectivity index (χ4v) is 0.422. The number of carboxylic acid groups (broad SMARTS) is 1. The summed E-state index contributed by atoms with van der Waals surface area (Å²) in [6, 6.07) is 0. The number of rotatable bonds is 3. The number of carboxylic acids is 1. The molecule has 0 aliphatic rings. The van der Waals surface area contributed by atoms with Crippen LogP contribution in [0.4, 0.5) is 11.6 Å². The largest absolute Gasteiger partial charge is 0.477 e. The van der Waals surface area contributed by atoms with Gasteiger partial charge < -0.3 is 10.8 Å². The van der Waals surface area contributed by atoms with Gasteiger partial charge in [-0.25, -0.2) is 9.42 Å². The molecule has 0 atom stereocenters. The van der Waals surface area contributed by atoms with Crippen molar-refractivity contribution in [3.63, 3.8) is 0 Å². The van der Waals surface area contributed by atoms with Crippen molar-refractivity contribution >= 4 is 23.8 Å². The van der Waals surface area contributed by atoms with Crippen LogP contribution in [0.2, 0.25) is 0 Å². The minimum atomic E-state index is -1.18. The van der Waals surface area contributed by atoms with Gasteiger partial charge >= 0.3 is 5.97 Å². The number of hydrogen-bond acceptors (Lipinski definition) is 7. The van der Waals surface area contributed by atoms with E-state index in [1.165, 1.54) is 0 Å². The third-order valence-electron chi connectivity index (χ3n) is 0.859. The van der Waals surface area contributed by atoms with Crippen molar-refractivity contribution < 1.29 is 14.5 Å². The maximum absolute atomic E-state index is 9.93. The van der Waals surface area contributed by atoms with Gasteiger partial charge in [-0.15, -0.1) is 0 Å². The number of nitrogens with two attached hydrogens (primary N) is 1. The average molecular weight is 171 g/mol. The quantitative estimate of drug-likeness (QED) is 0.398. The number of anilines is 2. The number of nitrogens with zero attached hydrogens (tertiary/aromatic N) is 3. The van der Waals surface area contributed by atoms with Gasteiger partial charge in [0.2, 0.25) is 11.6 Å². The fraction of sp³-hybridized carbons (Fsp3) is 0. The molecule has 0 fully saturated rings. The molecule has 0 saturated heterocycles. The minimum absolute atomic E-state index is 0.0116. The van der Waals surface area contributed by atoms with Gasteiger partial charge in [-0.1, -0.05) is 0 Å². The number of aromatic nitrogens is 2. The van der Waals surface area contributed by atoms with Gasteiger partial charge in [-0.2, -0.15) is 5.10 Å². The summed E-state index contributed by atoms with van der Waals surface area (Å²) in [7, 11) is 0. The van der Waals surface area contributed by atoms with Gasteiger partial charge in [0.15, 0.2) is 0 Å². The molecule has 0 aliphatic carbocycles. The van der Waals surface area contributed by atoms with E-state index in [9.17, 15) is 4.79 Å². The Hall–Kier alpha value is -2.12. The first-order chi connectivity index (χ1) is 5.70. The normalized spacial score (nSPS) is 10.3. The van der Waals surface area contributed by atoms with E-state index in [-0.39, 0.29) is 11.6 Å². The number of nitrogen functional groups attached to an aromatic ring is 1. The monoisotopic (exact) mass is 171 g/mol. The summed E-state index contributed by atoms with van der Waals surface area (Å²) < 4.78 is 4.19. The van der Waals surface area contributed by atoms with Crippen LogP contribution in [0.25, 0.3) is 0 Å². The van der Waals surface area contributed by atoms with Crippen LogP contribution in [-0.4, -0.2) is 27.6 Å². The zero-order valence-corrected chi connectivity index (χ0v) is 5.76. The van der Waals surface area contributed by atoms with Gasteiger partial charge in [0.25, 0.3) is 0 Å². The number of hydrazone groups is 1. The highest BCUT2D eigenvalue weighted by Crippen LogP contribution is 2.09. The molecule has 8 heteroatoms. The third-order valence-corrected chi connectivity index (χ3v) is 0.859. The maximum atomic E-state index is 9.93. The Labute approximate surface area is 66.0 Å². The fourth-order valence-electron chi connectivity index (χ4n) is 0.422. The van der Waals surface area contributed by atoms with Crippen LogP contribution < -0.4 is 11.2 Å². The van der Waals surface area contributed by atoms with Gasteiger partial charge in [0.1, 0.15) is 6.21 Å². The van der Waals surface area contributed by atoms with Gasteiger partial charge in [0.05, 0.1) is 0 Å². The summed E-state index contributed by atoms with van der Waals surface area (Å²) in [5.74, 6) is -1.09. The highest BCUT2D eigenvalue weighted by molar-refractivity contribution is 6.22.